The van der Waals surface area contributed by atoms with E-state index in [9.17, 15) is 4.79 Å². The molecule has 0 radical (unpaired) electrons. The van der Waals surface area contributed by atoms with Gasteiger partial charge >= 0.3 is 5.97 Å². The van der Waals surface area contributed by atoms with Gasteiger partial charge in [0.25, 0.3) is 0 Å². The lowest BCUT2D eigenvalue weighted by atomic mass is 9.84. The molecule has 0 amide bonds. The number of likely N-dealkylation sites (tertiary alicyclic amines) is 1. The largest absolute Gasteiger partial charge is 0.457 e. The van der Waals surface area contributed by atoms with Crippen LogP contribution in [0.25, 0.3) is 0 Å². The van der Waals surface area contributed by atoms with Crippen LogP contribution in [0, 0.1) is 5.41 Å². The van der Waals surface area contributed by atoms with Crippen molar-refractivity contribution in [3.63, 3.8) is 0 Å². The van der Waals surface area contributed by atoms with Gasteiger partial charge < -0.3 is 9.47 Å². The molecule has 148 valence electrons. The number of para-hydroxylation sites is 1. The number of hydrogen-bond acceptors (Lipinski definition) is 4. The summed E-state index contributed by atoms with van der Waals surface area (Å²) in [7, 11) is 0. The van der Waals surface area contributed by atoms with E-state index in [1.165, 1.54) is 5.56 Å². The SMILES string of the molecule is CCC(C)(C)C(=O)OCN1CC2c3ccccc3Oc3ccc(Cl)cc3C2C1. The molecule has 0 aromatic heterocycles. The fourth-order valence-electron chi connectivity index (χ4n) is 4.01. The summed E-state index contributed by atoms with van der Waals surface area (Å²) in [6.07, 6.45) is 0.758. The first kappa shape index (κ1) is 19.3. The molecule has 2 unspecified atom stereocenters. The number of rotatable bonds is 4. The highest BCUT2D eigenvalue weighted by atomic mass is 35.5. The first-order valence-electron chi connectivity index (χ1n) is 9.85. The van der Waals surface area contributed by atoms with Crippen molar-refractivity contribution in [1.29, 1.82) is 0 Å². The number of ether oxygens (including phenoxy) is 2. The number of hydrogen-bond donors (Lipinski definition) is 0. The molecule has 0 aliphatic carbocycles. The van der Waals surface area contributed by atoms with Crippen LogP contribution in [0.3, 0.4) is 0 Å². The van der Waals surface area contributed by atoms with Crippen LogP contribution in [0.4, 0.5) is 0 Å². The van der Waals surface area contributed by atoms with E-state index in [2.05, 4.69) is 17.0 Å². The zero-order valence-corrected chi connectivity index (χ0v) is 17.3. The van der Waals surface area contributed by atoms with Gasteiger partial charge in [-0.3, -0.25) is 9.69 Å². The molecule has 2 heterocycles. The third-order valence-corrected chi connectivity index (χ3v) is 6.35. The molecule has 1 saturated heterocycles. The van der Waals surface area contributed by atoms with Crippen molar-refractivity contribution in [3.05, 3.63) is 58.6 Å². The zero-order valence-electron chi connectivity index (χ0n) is 16.6. The fourth-order valence-corrected chi connectivity index (χ4v) is 4.19. The number of carbonyl (C=O) groups excluding carboxylic acids is 1. The molecule has 0 spiro atoms. The van der Waals surface area contributed by atoms with E-state index in [-0.39, 0.29) is 17.8 Å². The average Bonchev–Trinajstić information content (AvgIpc) is 3.06. The van der Waals surface area contributed by atoms with Crippen LogP contribution in [0.2, 0.25) is 5.02 Å². The van der Waals surface area contributed by atoms with Gasteiger partial charge in [0.15, 0.2) is 0 Å². The molecular weight excluding hydrogens is 374 g/mol. The molecule has 1 fully saturated rings. The summed E-state index contributed by atoms with van der Waals surface area (Å²) in [6.45, 7) is 7.79. The van der Waals surface area contributed by atoms with Crippen molar-refractivity contribution in [1.82, 2.24) is 4.90 Å². The molecule has 0 bridgehead atoms. The Bertz CT molecular complexity index is 895. The Hall–Kier alpha value is -2.04. The summed E-state index contributed by atoms with van der Waals surface area (Å²) in [5, 5.41) is 0.710. The van der Waals surface area contributed by atoms with E-state index in [1.807, 2.05) is 51.1 Å². The van der Waals surface area contributed by atoms with Crippen molar-refractivity contribution in [2.24, 2.45) is 5.41 Å². The Morgan fingerprint density at radius 3 is 2.57 bits per heavy atom. The smallest absolute Gasteiger partial charge is 0.312 e. The maximum atomic E-state index is 12.4. The minimum atomic E-state index is -0.454. The fraction of sp³-hybridized carbons (Fsp3) is 0.435. The standard InChI is InChI=1S/C23H26ClNO3/c1-4-23(2,3)22(26)27-14-25-12-18-16-7-5-6-8-20(16)28-21-10-9-15(24)11-17(21)19(18)13-25/h5-11,18-19H,4,12-14H2,1-3H3. The predicted molar refractivity (Wildman–Crippen MR) is 110 cm³/mol. The monoisotopic (exact) mass is 399 g/mol. The van der Waals surface area contributed by atoms with Crippen LogP contribution >= 0.6 is 11.6 Å². The first-order chi connectivity index (χ1) is 13.4. The maximum Gasteiger partial charge on any atom is 0.312 e. The Kier molecular flexibility index (Phi) is 5.11. The van der Waals surface area contributed by atoms with E-state index in [0.29, 0.717) is 11.8 Å². The van der Waals surface area contributed by atoms with E-state index in [4.69, 9.17) is 21.1 Å². The van der Waals surface area contributed by atoms with Gasteiger partial charge in [-0.2, -0.15) is 0 Å². The normalized spacial score (nSPS) is 21.1. The Morgan fingerprint density at radius 2 is 1.82 bits per heavy atom. The first-order valence-corrected chi connectivity index (χ1v) is 10.2. The number of fused-ring (bicyclic) bond motifs is 5. The van der Waals surface area contributed by atoms with Crippen LogP contribution in [0.1, 0.15) is 50.2 Å². The van der Waals surface area contributed by atoms with Crippen molar-refractivity contribution < 1.29 is 14.3 Å². The molecular formula is C23H26ClNO3. The number of halogens is 1. The Labute approximate surface area is 171 Å². The van der Waals surface area contributed by atoms with Gasteiger partial charge in [-0.05, 0) is 50.1 Å². The van der Waals surface area contributed by atoms with Gasteiger partial charge in [-0.25, -0.2) is 0 Å². The predicted octanol–water partition coefficient (Wildman–Crippen LogP) is 5.57. The van der Waals surface area contributed by atoms with E-state index < -0.39 is 5.41 Å². The summed E-state index contributed by atoms with van der Waals surface area (Å²) in [4.78, 5) is 14.6. The highest BCUT2D eigenvalue weighted by molar-refractivity contribution is 6.30. The zero-order chi connectivity index (χ0) is 19.9. The minimum Gasteiger partial charge on any atom is -0.457 e. The second-order valence-corrected chi connectivity index (χ2v) is 8.81. The summed E-state index contributed by atoms with van der Waals surface area (Å²) in [6, 6.07) is 14.0. The van der Waals surface area contributed by atoms with Gasteiger partial charge in [0.1, 0.15) is 18.2 Å². The van der Waals surface area contributed by atoms with Crippen LogP contribution < -0.4 is 4.74 Å². The van der Waals surface area contributed by atoms with E-state index >= 15 is 0 Å². The number of esters is 1. The van der Waals surface area contributed by atoms with Gasteiger partial charge in [0.05, 0.1) is 5.41 Å². The van der Waals surface area contributed by atoms with Crippen molar-refractivity contribution in [3.8, 4) is 11.5 Å². The molecule has 2 aromatic carbocycles. The number of benzene rings is 2. The van der Waals surface area contributed by atoms with Crippen LogP contribution in [0.5, 0.6) is 11.5 Å². The van der Waals surface area contributed by atoms with Crippen molar-refractivity contribution in [2.75, 3.05) is 19.8 Å². The number of nitrogens with zero attached hydrogens (tertiary/aromatic N) is 1. The lowest BCUT2D eigenvalue weighted by Gasteiger charge is -2.23. The molecule has 2 aliphatic rings. The van der Waals surface area contributed by atoms with Crippen molar-refractivity contribution in [2.45, 2.75) is 39.0 Å². The third kappa shape index (κ3) is 3.51. The summed E-state index contributed by atoms with van der Waals surface area (Å²) in [5.74, 6) is 2.12. The highest BCUT2D eigenvalue weighted by Gasteiger charge is 2.40. The topological polar surface area (TPSA) is 38.8 Å². The van der Waals surface area contributed by atoms with Gasteiger partial charge in [0, 0.05) is 35.5 Å². The molecule has 5 heteroatoms. The Morgan fingerprint density at radius 1 is 1.14 bits per heavy atom. The maximum absolute atomic E-state index is 12.4. The average molecular weight is 400 g/mol. The minimum absolute atomic E-state index is 0.144. The third-order valence-electron chi connectivity index (χ3n) is 6.12. The number of carbonyl (C=O) groups is 1. The molecule has 28 heavy (non-hydrogen) atoms. The van der Waals surface area contributed by atoms with Crippen LogP contribution in [0.15, 0.2) is 42.5 Å². The quantitative estimate of drug-likeness (QED) is 0.630. The van der Waals surface area contributed by atoms with Crippen LogP contribution in [-0.4, -0.2) is 30.7 Å². The van der Waals surface area contributed by atoms with E-state index in [0.717, 1.165) is 36.6 Å². The molecule has 4 rings (SSSR count). The molecule has 2 atom stereocenters. The lowest BCUT2D eigenvalue weighted by molar-refractivity contribution is -0.158. The molecule has 0 saturated carbocycles. The lowest BCUT2D eigenvalue weighted by Crippen LogP contribution is -2.32. The molecule has 2 aliphatic heterocycles. The second-order valence-electron chi connectivity index (χ2n) is 8.37. The van der Waals surface area contributed by atoms with Gasteiger partial charge in [0.2, 0.25) is 0 Å². The second kappa shape index (κ2) is 7.41. The summed E-state index contributed by atoms with van der Waals surface area (Å²) < 4.78 is 11.9. The van der Waals surface area contributed by atoms with E-state index in [1.54, 1.807) is 0 Å². The molecule has 2 aromatic rings. The summed E-state index contributed by atoms with van der Waals surface area (Å²) >= 11 is 6.30. The van der Waals surface area contributed by atoms with Crippen LogP contribution in [-0.2, 0) is 9.53 Å². The Balaban J connectivity index is 1.60. The van der Waals surface area contributed by atoms with Gasteiger partial charge in [-0.15, -0.1) is 0 Å². The molecule has 4 nitrogen and oxygen atoms in total. The summed E-state index contributed by atoms with van der Waals surface area (Å²) in [5.41, 5.74) is 1.86. The molecule has 0 N–H and O–H groups in total. The van der Waals surface area contributed by atoms with Crippen molar-refractivity contribution >= 4 is 17.6 Å². The van der Waals surface area contributed by atoms with Gasteiger partial charge in [-0.1, -0.05) is 36.7 Å². The highest BCUT2D eigenvalue weighted by Crippen LogP contribution is 2.50.